The fraction of sp³-hybridized carbons (Fsp3) is 0.357. The van der Waals surface area contributed by atoms with Crippen LogP contribution in [0.5, 0.6) is 0 Å². The van der Waals surface area contributed by atoms with Crippen molar-refractivity contribution in [2.24, 2.45) is 5.92 Å². The summed E-state index contributed by atoms with van der Waals surface area (Å²) in [6, 6.07) is 7.76. The second-order valence-electron chi connectivity index (χ2n) is 4.34. The van der Waals surface area contributed by atoms with E-state index in [4.69, 9.17) is 0 Å². The summed E-state index contributed by atoms with van der Waals surface area (Å²) in [7, 11) is 0. The Bertz CT molecular complexity index is 411. The van der Waals surface area contributed by atoms with Gasteiger partial charge in [-0.1, -0.05) is 29.8 Å². The number of rotatable bonds is 3. The summed E-state index contributed by atoms with van der Waals surface area (Å²) in [4.78, 5) is 11.9. The van der Waals surface area contributed by atoms with E-state index in [-0.39, 0.29) is 5.78 Å². The molecule has 1 saturated carbocycles. The van der Waals surface area contributed by atoms with Crippen molar-refractivity contribution >= 4 is 5.78 Å². The van der Waals surface area contributed by atoms with E-state index in [9.17, 15) is 4.79 Å². The van der Waals surface area contributed by atoms with Crippen LogP contribution in [0.4, 0.5) is 0 Å². The fourth-order valence-electron chi connectivity index (χ4n) is 1.79. The Kier molecular flexibility index (Phi) is 2.72. The lowest BCUT2D eigenvalue weighted by atomic mass is 10.0. The number of carbonyl (C=O) groups is 1. The Morgan fingerprint density at radius 3 is 2.60 bits per heavy atom. The molecule has 1 aliphatic carbocycles. The molecule has 0 amide bonds. The maximum Gasteiger partial charge on any atom is 0.186 e. The number of carbonyl (C=O) groups excluding carboxylic acids is 1. The van der Waals surface area contributed by atoms with Crippen LogP contribution in [0.2, 0.25) is 0 Å². The molecule has 1 nitrogen and oxygen atoms in total. The van der Waals surface area contributed by atoms with Gasteiger partial charge in [-0.25, -0.2) is 0 Å². The first-order valence-electron chi connectivity index (χ1n) is 5.46. The van der Waals surface area contributed by atoms with Gasteiger partial charge in [0.05, 0.1) is 0 Å². The van der Waals surface area contributed by atoms with Gasteiger partial charge in [0.1, 0.15) is 0 Å². The number of hydrogen-bond donors (Lipinski definition) is 0. The van der Waals surface area contributed by atoms with Crippen LogP contribution >= 0.6 is 0 Å². The average molecular weight is 200 g/mol. The van der Waals surface area contributed by atoms with E-state index in [1.807, 2.05) is 31.2 Å². The average Bonchev–Trinajstić information content (AvgIpc) is 3.01. The van der Waals surface area contributed by atoms with Crippen molar-refractivity contribution < 1.29 is 4.79 Å². The molecule has 0 spiro atoms. The standard InChI is InChI=1S/C14H16O/c1-10-5-3-4-6-13(10)14(15)9-11(2)12-7-8-12/h3-6,9,12H,7-8H2,1-2H3/b11-9+. The van der Waals surface area contributed by atoms with Crippen molar-refractivity contribution in [2.45, 2.75) is 26.7 Å². The Hall–Kier alpha value is -1.37. The van der Waals surface area contributed by atoms with Gasteiger partial charge in [-0.15, -0.1) is 0 Å². The van der Waals surface area contributed by atoms with Crippen LogP contribution in [0.25, 0.3) is 0 Å². The molecule has 1 aromatic rings. The molecule has 0 bridgehead atoms. The molecule has 15 heavy (non-hydrogen) atoms. The van der Waals surface area contributed by atoms with Crippen molar-refractivity contribution in [1.82, 2.24) is 0 Å². The lowest BCUT2D eigenvalue weighted by Gasteiger charge is -2.02. The molecule has 0 radical (unpaired) electrons. The lowest BCUT2D eigenvalue weighted by Crippen LogP contribution is -1.99. The van der Waals surface area contributed by atoms with Crippen molar-refractivity contribution in [1.29, 1.82) is 0 Å². The maximum absolute atomic E-state index is 11.9. The lowest BCUT2D eigenvalue weighted by molar-refractivity contribution is 0.104. The Balaban J connectivity index is 2.21. The predicted molar refractivity (Wildman–Crippen MR) is 62.0 cm³/mol. The highest BCUT2D eigenvalue weighted by atomic mass is 16.1. The first-order valence-corrected chi connectivity index (χ1v) is 5.46. The molecular formula is C14H16O. The van der Waals surface area contributed by atoms with Gasteiger partial charge in [-0.2, -0.15) is 0 Å². The number of allylic oxidation sites excluding steroid dienone is 2. The molecule has 1 aromatic carbocycles. The highest BCUT2D eigenvalue weighted by Crippen LogP contribution is 2.36. The zero-order valence-electron chi connectivity index (χ0n) is 9.29. The summed E-state index contributed by atoms with van der Waals surface area (Å²) < 4.78 is 0. The van der Waals surface area contributed by atoms with Gasteiger partial charge in [0.15, 0.2) is 5.78 Å². The molecular weight excluding hydrogens is 184 g/mol. The van der Waals surface area contributed by atoms with Gasteiger partial charge in [0, 0.05) is 5.56 Å². The first kappa shape index (κ1) is 10.2. The van der Waals surface area contributed by atoms with Gasteiger partial charge in [0.25, 0.3) is 0 Å². The van der Waals surface area contributed by atoms with E-state index in [0.29, 0.717) is 5.92 Å². The monoisotopic (exact) mass is 200 g/mol. The smallest absolute Gasteiger partial charge is 0.186 e. The Morgan fingerprint density at radius 1 is 1.33 bits per heavy atom. The summed E-state index contributed by atoms with van der Waals surface area (Å²) in [5.41, 5.74) is 3.13. The number of aryl methyl sites for hydroxylation is 1. The molecule has 0 aliphatic heterocycles. The summed E-state index contributed by atoms with van der Waals surface area (Å²) >= 11 is 0. The summed E-state index contributed by atoms with van der Waals surface area (Å²) in [5.74, 6) is 0.829. The van der Waals surface area contributed by atoms with E-state index < -0.39 is 0 Å². The zero-order valence-corrected chi connectivity index (χ0v) is 9.29. The number of hydrogen-bond acceptors (Lipinski definition) is 1. The molecule has 0 heterocycles. The third-order valence-electron chi connectivity index (χ3n) is 2.99. The highest BCUT2D eigenvalue weighted by Gasteiger charge is 2.23. The van der Waals surface area contributed by atoms with Gasteiger partial charge >= 0.3 is 0 Å². The molecule has 78 valence electrons. The van der Waals surface area contributed by atoms with E-state index in [2.05, 4.69) is 6.92 Å². The number of benzene rings is 1. The molecule has 0 aromatic heterocycles. The predicted octanol–water partition coefficient (Wildman–Crippen LogP) is 3.53. The normalized spacial score (nSPS) is 16.5. The second kappa shape index (κ2) is 4.01. The zero-order chi connectivity index (χ0) is 10.8. The van der Waals surface area contributed by atoms with E-state index in [1.165, 1.54) is 18.4 Å². The second-order valence-corrected chi connectivity index (χ2v) is 4.34. The van der Waals surface area contributed by atoms with E-state index in [1.54, 1.807) is 6.08 Å². The van der Waals surface area contributed by atoms with E-state index >= 15 is 0 Å². The Morgan fingerprint density at radius 2 is 2.00 bits per heavy atom. The minimum absolute atomic E-state index is 0.150. The molecule has 0 saturated heterocycles. The summed E-state index contributed by atoms with van der Waals surface area (Å²) in [5, 5.41) is 0. The highest BCUT2D eigenvalue weighted by molar-refractivity contribution is 6.05. The van der Waals surface area contributed by atoms with Crippen LogP contribution < -0.4 is 0 Å². The van der Waals surface area contributed by atoms with Gasteiger partial charge in [-0.05, 0) is 44.2 Å². The SMILES string of the molecule is C/C(=C\C(=O)c1ccccc1C)C1CC1. The van der Waals surface area contributed by atoms with Crippen molar-refractivity contribution in [2.75, 3.05) is 0 Å². The van der Waals surface area contributed by atoms with E-state index in [0.717, 1.165) is 11.1 Å². The summed E-state index contributed by atoms with van der Waals surface area (Å²) in [6.07, 6.45) is 4.31. The summed E-state index contributed by atoms with van der Waals surface area (Å²) in [6.45, 7) is 4.04. The molecule has 0 N–H and O–H groups in total. The molecule has 2 rings (SSSR count). The van der Waals surface area contributed by atoms with Crippen LogP contribution in [-0.2, 0) is 0 Å². The van der Waals surface area contributed by atoms with Gasteiger partial charge in [-0.3, -0.25) is 4.79 Å². The van der Waals surface area contributed by atoms with Crippen LogP contribution in [0.15, 0.2) is 35.9 Å². The molecule has 1 heteroatoms. The van der Waals surface area contributed by atoms with Gasteiger partial charge < -0.3 is 0 Å². The minimum atomic E-state index is 0.150. The quantitative estimate of drug-likeness (QED) is 0.539. The molecule has 0 unspecified atom stereocenters. The third kappa shape index (κ3) is 2.35. The minimum Gasteiger partial charge on any atom is -0.289 e. The van der Waals surface area contributed by atoms with Crippen molar-refractivity contribution in [3.8, 4) is 0 Å². The van der Waals surface area contributed by atoms with Crippen molar-refractivity contribution in [3.63, 3.8) is 0 Å². The van der Waals surface area contributed by atoms with Crippen LogP contribution in [0.1, 0.15) is 35.7 Å². The fourth-order valence-corrected chi connectivity index (χ4v) is 1.79. The van der Waals surface area contributed by atoms with Crippen LogP contribution in [-0.4, -0.2) is 5.78 Å². The number of ketones is 1. The molecule has 1 fully saturated rings. The maximum atomic E-state index is 11.9. The topological polar surface area (TPSA) is 17.1 Å². The largest absolute Gasteiger partial charge is 0.289 e. The third-order valence-corrected chi connectivity index (χ3v) is 2.99. The molecule has 1 aliphatic rings. The first-order chi connectivity index (χ1) is 7.18. The Labute approximate surface area is 90.8 Å². The van der Waals surface area contributed by atoms with Crippen LogP contribution in [0.3, 0.4) is 0 Å². The van der Waals surface area contributed by atoms with Crippen LogP contribution in [0, 0.1) is 12.8 Å². The van der Waals surface area contributed by atoms with Crippen molar-refractivity contribution in [3.05, 3.63) is 47.0 Å². The van der Waals surface area contributed by atoms with Gasteiger partial charge in [0.2, 0.25) is 0 Å². The molecule has 0 atom stereocenters.